The van der Waals surface area contributed by atoms with E-state index in [2.05, 4.69) is 6.92 Å². The molecule has 1 fully saturated rings. The number of carbonyl (C=O) groups is 2. The second kappa shape index (κ2) is 9.14. The van der Waals surface area contributed by atoms with Crippen LogP contribution in [0.3, 0.4) is 0 Å². The minimum absolute atomic E-state index is 0.0440. The molecule has 21 heavy (non-hydrogen) atoms. The maximum Gasteiger partial charge on any atom is 0.146 e. The number of carbonyl (C=O) groups excluding carboxylic acids is 2. The average molecular weight is 294 g/mol. The highest BCUT2D eigenvalue weighted by molar-refractivity contribution is 6.12. The smallest absolute Gasteiger partial charge is 0.146 e. The van der Waals surface area contributed by atoms with Crippen LogP contribution in [0.15, 0.2) is 12.2 Å². The van der Waals surface area contributed by atoms with Crippen molar-refractivity contribution in [2.24, 2.45) is 5.41 Å². The van der Waals surface area contributed by atoms with Gasteiger partial charge in [-0.25, -0.2) is 0 Å². The van der Waals surface area contributed by atoms with E-state index in [9.17, 15) is 14.7 Å². The first kappa shape index (κ1) is 18.1. The van der Waals surface area contributed by atoms with Crippen LogP contribution in [0.25, 0.3) is 0 Å². The van der Waals surface area contributed by atoms with Crippen molar-refractivity contribution in [3.63, 3.8) is 0 Å². The summed E-state index contributed by atoms with van der Waals surface area (Å²) >= 11 is 0. The molecular formula is C18H30O3. The molecule has 1 aliphatic rings. The average Bonchev–Trinajstić information content (AvgIpc) is 2.71. The third-order valence-electron chi connectivity index (χ3n) is 4.55. The number of rotatable bonds is 10. The zero-order valence-corrected chi connectivity index (χ0v) is 13.6. The van der Waals surface area contributed by atoms with E-state index in [-0.39, 0.29) is 11.6 Å². The largest absolute Gasteiger partial charge is 0.389 e. The summed E-state index contributed by atoms with van der Waals surface area (Å²) in [5, 5.41) is 9.88. The van der Waals surface area contributed by atoms with Gasteiger partial charge in [0.05, 0.1) is 11.5 Å². The number of Topliss-reactive ketones (excluding diaryl/α,β-unsaturated/α-hetero) is 2. The molecule has 0 aromatic rings. The van der Waals surface area contributed by atoms with Gasteiger partial charge in [-0.2, -0.15) is 0 Å². The maximum absolute atomic E-state index is 11.8. The van der Waals surface area contributed by atoms with Gasteiger partial charge in [0.2, 0.25) is 0 Å². The molecule has 1 rings (SSSR count). The first-order valence-corrected chi connectivity index (χ1v) is 8.42. The van der Waals surface area contributed by atoms with E-state index in [1.54, 1.807) is 13.0 Å². The molecule has 0 heterocycles. The van der Waals surface area contributed by atoms with Gasteiger partial charge < -0.3 is 5.11 Å². The van der Waals surface area contributed by atoms with Gasteiger partial charge in [-0.1, -0.05) is 57.6 Å². The molecule has 0 bridgehead atoms. The van der Waals surface area contributed by atoms with Crippen LogP contribution in [-0.2, 0) is 9.59 Å². The normalized spacial score (nSPS) is 19.6. The molecule has 0 radical (unpaired) electrons. The first-order valence-electron chi connectivity index (χ1n) is 8.42. The van der Waals surface area contributed by atoms with Gasteiger partial charge in [0.1, 0.15) is 11.6 Å². The van der Waals surface area contributed by atoms with Crippen molar-refractivity contribution in [3.8, 4) is 0 Å². The highest BCUT2D eigenvalue weighted by Crippen LogP contribution is 2.34. The SMILES string of the molecule is CCCCCCCCC(O)/C=C/CC1(C)C(=O)CCC1=O. The topological polar surface area (TPSA) is 54.4 Å². The Kier molecular flexibility index (Phi) is 7.87. The summed E-state index contributed by atoms with van der Waals surface area (Å²) < 4.78 is 0. The van der Waals surface area contributed by atoms with Gasteiger partial charge in [0, 0.05) is 12.8 Å². The lowest BCUT2D eigenvalue weighted by Gasteiger charge is -2.17. The zero-order valence-electron chi connectivity index (χ0n) is 13.6. The van der Waals surface area contributed by atoms with E-state index >= 15 is 0 Å². The summed E-state index contributed by atoms with van der Waals surface area (Å²) in [5.41, 5.74) is -0.837. The van der Waals surface area contributed by atoms with Crippen molar-refractivity contribution in [2.45, 2.75) is 84.2 Å². The molecule has 1 atom stereocenters. The standard InChI is InChI=1S/C18H30O3/c1-3-4-5-6-7-8-10-15(19)11-9-14-18(2)16(20)12-13-17(18)21/h9,11,15,19H,3-8,10,12-14H2,1-2H3/b11-9+. The van der Waals surface area contributed by atoms with Crippen LogP contribution in [-0.4, -0.2) is 22.8 Å². The van der Waals surface area contributed by atoms with Crippen molar-refractivity contribution >= 4 is 11.6 Å². The molecule has 0 saturated heterocycles. The molecule has 0 spiro atoms. The van der Waals surface area contributed by atoms with E-state index in [1.165, 1.54) is 32.1 Å². The number of hydrogen-bond acceptors (Lipinski definition) is 3. The Morgan fingerprint density at radius 2 is 1.67 bits per heavy atom. The van der Waals surface area contributed by atoms with E-state index in [0.29, 0.717) is 19.3 Å². The summed E-state index contributed by atoms with van der Waals surface area (Å²) in [6.07, 6.45) is 12.3. The van der Waals surface area contributed by atoms with Gasteiger partial charge in [-0.15, -0.1) is 0 Å². The van der Waals surface area contributed by atoms with Crippen molar-refractivity contribution in [3.05, 3.63) is 12.2 Å². The first-order chi connectivity index (χ1) is 10.0. The number of aliphatic hydroxyl groups is 1. The van der Waals surface area contributed by atoms with Crippen LogP contribution in [0.1, 0.15) is 78.1 Å². The van der Waals surface area contributed by atoms with Crippen molar-refractivity contribution in [1.29, 1.82) is 0 Å². The Labute approximate surface area is 128 Å². The van der Waals surface area contributed by atoms with E-state index in [4.69, 9.17) is 0 Å². The fourth-order valence-electron chi connectivity index (χ4n) is 2.85. The maximum atomic E-state index is 11.8. The quantitative estimate of drug-likeness (QED) is 0.376. The Morgan fingerprint density at radius 3 is 2.29 bits per heavy atom. The molecule has 1 unspecified atom stereocenters. The Hall–Kier alpha value is -0.960. The molecule has 3 nitrogen and oxygen atoms in total. The van der Waals surface area contributed by atoms with Gasteiger partial charge >= 0.3 is 0 Å². The second-order valence-corrected chi connectivity index (χ2v) is 6.43. The second-order valence-electron chi connectivity index (χ2n) is 6.43. The van der Waals surface area contributed by atoms with Crippen LogP contribution in [0.4, 0.5) is 0 Å². The monoisotopic (exact) mass is 294 g/mol. The number of allylic oxidation sites excluding steroid dienone is 1. The van der Waals surface area contributed by atoms with E-state index < -0.39 is 11.5 Å². The predicted molar refractivity (Wildman–Crippen MR) is 85.1 cm³/mol. The van der Waals surface area contributed by atoms with E-state index in [0.717, 1.165) is 12.8 Å². The highest BCUT2D eigenvalue weighted by atomic mass is 16.3. The molecule has 0 aromatic heterocycles. The molecule has 1 N–H and O–H groups in total. The number of hydrogen-bond donors (Lipinski definition) is 1. The summed E-state index contributed by atoms with van der Waals surface area (Å²) in [5.74, 6) is 0.0881. The highest BCUT2D eigenvalue weighted by Gasteiger charge is 2.43. The Morgan fingerprint density at radius 1 is 1.10 bits per heavy atom. The van der Waals surface area contributed by atoms with Crippen LogP contribution in [0.2, 0.25) is 0 Å². The molecule has 0 aliphatic heterocycles. The third-order valence-corrected chi connectivity index (χ3v) is 4.55. The fourth-order valence-corrected chi connectivity index (χ4v) is 2.85. The van der Waals surface area contributed by atoms with Gasteiger partial charge in [-0.3, -0.25) is 9.59 Å². The van der Waals surface area contributed by atoms with Crippen molar-refractivity contribution in [2.75, 3.05) is 0 Å². The molecule has 1 saturated carbocycles. The molecular weight excluding hydrogens is 264 g/mol. The molecule has 0 aromatic carbocycles. The van der Waals surface area contributed by atoms with Crippen LogP contribution in [0.5, 0.6) is 0 Å². The van der Waals surface area contributed by atoms with Gasteiger partial charge in [-0.05, 0) is 19.8 Å². The number of aliphatic hydroxyl groups excluding tert-OH is 1. The van der Waals surface area contributed by atoms with Crippen LogP contribution >= 0.6 is 0 Å². The molecule has 1 aliphatic carbocycles. The number of unbranched alkanes of at least 4 members (excludes halogenated alkanes) is 5. The lowest BCUT2D eigenvalue weighted by Crippen LogP contribution is -2.28. The minimum atomic E-state index is -0.837. The summed E-state index contributed by atoms with van der Waals surface area (Å²) in [6, 6.07) is 0. The summed E-state index contributed by atoms with van der Waals surface area (Å²) in [7, 11) is 0. The third kappa shape index (κ3) is 5.74. The predicted octanol–water partition coefficient (Wildman–Crippen LogP) is 3.98. The van der Waals surface area contributed by atoms with Crippen molar-refractivity contribution < 1.29 is 14.7 Å². The lowest BCUT2D eigenvalue weighted by molar-refractivity contribution is -0.133. The molecule has 120 valence electrons. The van der Waals surface area contributed by atoms with Crippen LogP contribution < -0.4 is 0 Å². The van der Waals surface area contributed by atoms with E-state index in [1.807, 2.05) is 6.08 Å². The Balaban J connectivity index is 2.20. The Bertz CT molecular complexity index is 355. The van der Waals surface area contributed by atoms with Gasteiger partial charge in [0.15, 0.2) is 0 Å². The number of ketones is 2. The minimum Gasteiger partial charge on any atom is -0.389 e. The molecule has 3 heteroatoms. The zero-order chi connectivity index (χ0) is 15.7. The van der Waals surface area contributed by atoms with Crippen LogP contribution in [0, 0.1) is 5.41 Å². The van der Waals surface area contributed by atoms with Gasteiger partial charge in [0.25, 0.3) is 0 Å². The van der Waals surface area contributed by atoms with Crippen molar-refractivity contribution in [1.82, 2.24) is 0 Å². The lowest BCUT2D eigenvalue weighted by atomic mass is 9.83. The summed E-state index contributed by atoms with van der Waals surface area (Å²) in [4.78, 5) is 23.5. The summed E-state index contributed by atoms with van der Waals surface area (Å²) in [6.45, 7) is 3.93. The molecule has 0 amide bonds. The fraction of sp³-hybridized carbons (Fsp3) is 0.778.